The van der Waals surface area contributed by atoms with E-state index in [1.807, 2.05) is 11.8 Å². The van der Waals surface area contributed by atoms with Crippen molar-refractivity contribution in [3.8, 4) is 0 Å². The van der Waals surface area contributed by atoms with E-state index in [1.54, 1.807) is 0 Å². The third-order valence-corrected chi connectivity index (χ3v) is 3.43. The van der Waals surface area contributed by atoms with E-state index in [0.29, 0.717) is 6.04 Å². The third kappa shape index (κ3) is 3.19. The Bertz CT molecular complexity index is 302. The zero-order valence-corrected chi connectivity index (χ0v) is 10.4. The number of carbonyl (C=O) groups is 2. The summed E-state index contributed by atoms with van der Waals surface area (Å²) in [4.78, 5) is 25.3. The van der Waals surface area contributed by atoms with E-state index in [2.05, 4.69) is 10.6 Å². The Balaban J connectivity index is 1.76. The number of nitrogens with one attached hydrogen (secondary N) is 2. The van der Waals surface area contributed by atoms with Gasteiger partial charge in [-0.05, 0) is 32.6 Å². The Kier molecular flexibility index (Phi) is 3.99. The van der Waals surface area contributed by atoms with Crippen LogP contribution < -0.4 is 10.6 Å². The van der Waals surface area contributed by atoms with Gasteiger partial charge >= 0.3 is 0 Å². The lowest BCUT2D eigenvalue weighted by atomic mass is 10.1. The lowest BCUT2D eigenvalue weighted by Gasteiger charge is -2.25. The summed E-state index contributed by atoms with van der Waals surface area (Å²) in [7, 11) is 0. The average Bonchev–Trinajstić information content (AvgIpc) is 3.13. The highest BCUT2D eigenvalue weighted by atomic mass is 16.2. The smallest absolute Gasteiger partial charge is 0.237 e. The summed E-state index contributed by atoms with van der Waals surface area (Å²) < 4.78 is 0. The largest absolute Gasteiger partial charge is 0.355 e. The van der Waals surface area contributed by atoms with Crippen molar-refractivity contribution in [2.24, 2.45) is 0 Å². The van der Waals surface area contributed by atoms with Crippen molar-refractivity contribution >= 4 is 11.8 Å². The molecule has 1 saturated heterocycles. The van der Waals surface area contributed by atoms with Crippen molar-refractivity contribution in [2.75, 3.05) is 19.6 Å². The molecule has 1 aliphatic carbocycles. The van der Waals surface area contributed by atoms with Gasteiger partial charge in [-0.25, -0.2) is 0 Å². The lowest BCUT2D eigenvalue weighted by Crippen LogP contribution is -2.51. The Morgan fingerprint density at radius 2 is 2.24 bits per heavy atom. The van der Waals surface area contributed by atoms with Crippen LogP contribution in [0.25, 0.3) is 0 Å². The number of rotatable bonds is 5. The number of nitrogens with zero attached hydrogens (tertiary/aromatic N) is 1. The van der Waals surface area contributed by atoms with Gasteiger partial charge in [0.05, 0.1) is 12.6 Å². The standard InChI is InChI=1S/C12H21N3O2/c1-2-15(9-5-6-9)11(16)8-14-10-4-3-7-13-12(10)17/h9-10,14H,2-8H2,1H3,(H,13,17). The van der Waals surface area contributed by atoms with Gasteiger partial charge in [0.2, 0.25) is 11.8 Å². The molecule has 0 bridgehead atoms. The summed E-state index contributed by atoms with van der Waals surface area (Å²) in [5, 5.41) is 5.87. The van der Waals surface area contributed by atoms with E-state index in [0.717, 1.165) is 38.8 Å². The van der Waals surface area contributed by atoms with Crippen molar-refractivity contribution in [1.29, 1.82) is 0 Å². The van der Waals surface area contributed by atoms with Gasteiger partial charge in [-0.2, -0.15) is 0 Å². The van der Waals surface area contributed by atoms with Gasteiger partial charge in [0.1, 0.15) is 0 Å². The summed E-state index contributed by atoms with van der Waals surface area (Å²) >= 11 is 0. The number of piperidine rings is 1. The van der Waals surface area contributed by atoms with Gasteiger partial charge in [0, 0.05) is 19.1 Å². The van der Waals surface area contributed by atoms with Crippen LogP contribution in [0.4, 0.5) is 0 Å². The molecule has 1 aliphatic heterocycles. The first kappa shape index (κ1) is 12.4. The van der Waals surface area contributed by atoms with Gasteiger partial charge in [-0.1, -0.05) is 0 Å². The quantitative estimate of drug-likeness (QED) is 0.702. The highest BCUT2D eigenvalue weighted by molar-refractivity contribution is 5.84. The predicted molar refractivity (Wildman–Crippen MR) is 64.4 cm³/mol. The first-order valence-electron chi connectivity index (χ1n) is 6.53. The second-order valence-corrected chi connectivity index (χ2v) is 4.78. The molecule has 2 N–H and O–H groups in total. The minimum Gasteiger partial charge on any atom is -0.355 e. The van der Waals surface area contributed by atoms with Crippen LogP contribution in [0.2, 0.25) is 0 Å². The van der Waals surface area contributed by atoms with Crippen LogP contribution in [-0.2, 0) is 9.59 Å². The fourth-order valence-corrected chi connectivity index (χ4v) is 2.30. The molecule has 2 fully saturated rings. The van der Waals surface area contributed by atoms with Crippen LogP contribution in [0.3, 0.4) is 0 Å². The number of hydrogen-bond acceptors (Lipinski definition) is 3. The van der Waals surface area contributed by atoms with Crippen LogP contribution in [0.1, 0.15) is 32.6 Å². The zero-order valence-electron chi connectivity index (χ0n) is 10.4. The Morgan fingerprint density at radius 3 is 2.82 bits per heavy atom. The maximum Gasteiger partial charge on any atom is 0.237 e. The molecule has 2 aliphatic rings. The number of likely N-dealkylation sites (N-methyl/N-ethyl adjacent to an activating group) is 1. The summed E-state index contributed by atoms with van der Waals surface area (Å²) in [6.45, 7) is 3.81. The van der Waals surface area contributed by atoms with Gasteiger partial charge in [-0.3, -0.25) is 14.9 Å². The molecule has 0 aromatic rings. The van der Waals surface area contributed by atoms with E-state index < -0.39 is 0 Å². The van der Waals surface area contributed by atoms with Crippen LogP contribution in [0.5, 0.6) is 0 Å². The van der Waals surface area contributed by atoms with E-state index in [4.69, 9.17) is 0 Å². The van der Waals surface area contributed by atoms with Crippen molar-refractivity contribution in [2.45, 2.75) is 44.7 Å². The minimum absolute atomic E-state index is 0.0264. The van der Waals surface area contributed by atoms with Crippen molar-refractivity contribution in [3.05, 3.63) is 0 Å². The second kappa shape index (κ2) is 5.49. The molecular formula is C12H21N3O2. The molecule has 0 radical (unpaired) electrons. The normalized spacial score (nSPS) is 24.3. The third-order valence-electron chi connectivity index (χ3n) is 3.43. The van der Waals surface area contributed by atoms with Crippen molar-refractivity contribution in [1.82, 2.24) is 15.5 Å². The zero-order chi connectivity index (χ0) is 12.3. The molecule has 2 rings (SSSR count). The molecule has 0 spiro atoms. The molecule has 5 nitrogen and oxygen atoms in total. The van der Waals surface area contributed by atoms with Crippen LogP contribution in [0.15, 0.2) is 0 Å². The average molecular weight is 239 g/mol. The Morgan fingerprint density at radius 1 is 1.47 bits per heavy atom. The second-order valence-electron chi connectivity index (χ2n) is 4.78. The van der Waals surface area contributed by atoms with E-state index in [1.165, 1.54) is 0 Å². The van der Waals surface area contributed by atoms with Gasteiger partial charge in [0.15, 0.2) is 0 Å². The van der Waals surface area contributed by atoms with Crippen LogP contribution in [0, 0.1) is 0 Å². The highest BCUT2D eigenvalue weighted by Gasteiger charge is 2.31. The first-order valence-corrected chi connectivity index (χ1v) is 6.53. The molecule has 5 heteroatoms. The maximum absolute atomic E-state index is 11.9. The number of hydrogen-bond donors (Lipinski definition) is 2. The lowest BCUT2D eigenvalue weighted by molar-refractivity contribution is -0.131. The molecule has 1 unspecified atom stereocenters. The molecule has 1 saturated carbocycles. The summed E-state index contributed by atoms with van der Waals surface area (Å²) in [6, 6.07) is 0.264. The Hall–Kier alpha value is -1.10. The molecule has 0 aromatic heterocycles. The maximum atomic E-state index is 11.9. The SMILES string of the molecule is CCN(C(=O)CNC1CCCNC1=O)C1CC1. The van der Waals surface area contributed by atoms with Gasteiger partial charge in [0.25, 0.3) is 0 Å². The fourth-order valence-electron chi connectivity index (χ4n) is 2.30. The number of carbonyl (C=O) groups excluding carboxylic acids is 2. The van der Waals surface area contributed by atoms with E-state index in [-0.39, 0.29) is 24.4 Å². The summed E-state index contributed by atoms with van der Waals surface area (Å²) in [6.07, 6.45) is 4.07. The summed E-state index contributed by atoms with van der Waals surface area (Å²) in [5.41, 5.74) is 0. The molecular weight excluding hydrogens is 218 g/mol. The molecule has 2 amide bonds. The summed E-state index contributed by atoms with van der Waals surface area (Å²) in [5.74, 6) is 0.145. The van der Waals surface area contributed by atoms with E-state index in [9.17, 15) is 9.59 Å². The topological polar surface area (TPSA) is 61.4 Å². The fraction of sp³-hybridized carbons (Fsp3) is 0.833. The molecule has 0 aromatic carbocycles. The van der Waals surface area contributed by atoms with Crippen molar-refractivity contribution < 1.29 is 9.59 Å². The molecule has 1 heterocycles. The molecule has 17 heavy (non-hydrogen) atoms. The molecule has 1 atom stereocenters. The van der Waals surface area contributed by atoms with Crippen molar-refractivity contribution in [3.63, 3.8) is 0 Å². The van der Waals surface area contributed by atoms with E-state index >= 15 is 0 Å². The van der Waals surface area contributed by atoms with Gasteiger partial charge in [-0.15, -0.1) is 0 Å². The monoisotopic (exact) mass is 239 g/mol. The minimum atomic E-state index is -0.189. The first-order chi connectivity index (χ1) is 8.22. The predicted octanol–water partition coefficient (Wildman–Crippen LogP) is -0.134. The number of amides is 2. The Labute approximate surface area is 102 Å². The van der Waals surface area contributed by atoms with Gasteiger partial charge < -0.3 is 10.2 Å². The molecule has 96 valence electrons. The highest BCUT2D eigenvalue weighted by Crippen LogP contribution is 2.26. The van der Waals surface area contributed by atoms with Crippen LogP contribution >= 0.6 is 0 Å². The van der Waals surface area contributed by atoms with Crippen LogP contribution in [-0.4, -0.2) is 48.4 Å².